The number of para-hydroxylation sites is 1. The number of benzene rings is 3. The Morgan fingerprint density at radius 3 is 2.58 bits per heavy atom. The normalized spacial score (nSPS) is 17.2. The van der Waals surface area contributed by atoms with Gasteiger partial charge in [-0.15, -0.1) is 6.42 Å². The zero-order valence-corrected chi connectivity index (χ0v) is 21.7. The van der Waals surface area contributed by atoms with Gasteiger partial charge in [0.05, 0.1) is 0 Å². The number of amides is 1. The average molecular weight is 504 g/mol. The van der Waals surface area contributed by atoms with Gasteiger partial charge in [0.1, 0.15) is 5.69 Å². The van der Waals surface area contributed by atoms with E-state index in [-0.39, 0.29) is 17.7 Å². The first-order valence-corrected chi connectivity index (χ1v) is 13.4. The molecular formula is C33H33N3O2. The highest BCUT2D eigenvalue weighted by Crippen LogP contribution is 2.26. The molecule has 4 aromatic rings. The van der Waals surface area contributed by atoms with Gasteiger partial charge >= 0.3 is 0 Å². The molecule has 1 aliphatic carbocycles. The van der Waals surface area contributed by atoms with Crippen molar-refractivity contribution in [3.63, 3.8) is 0 Å². The van der Waals surface area contributed by atoms with Gasteiger partial charge in [0.2, 0.25) is 0 Å². The molecule has 1 unspecified atom stereocenters. The van der Waals surface area contributed by atoms with E-state index in [4.69, 9.17) is 6.42 Å². The van der Waals surface area contributed by atoms with Crippen molar-refractivity contribution < 1.29 is 9.59 Å². The zero-order chi connectivity index (χ0) is 26.5. The van der Waals surface area contributed by atoms with Crippen molar-refractivity contribution in [1.29, 1.82) is 0 Å². The maximum absolute atomic E-state index is 13.4. The van der Waals surface area contributed by atoms with Gasteiger partial charge in [-0.1, -0.05) is 42.3 Å². The Bertz CT molecular complexity index is 1450. The third kappa shape index (κ3) is 5.56. The van der Waals surface area contributed by atoms with Crippen LogP contribution in [0.2, 0.25) is 0 Å². The minimum absolute atomic E-state index is 0.0118. The monoisotopic (exact) mass is 503 g/mol. The number of carbonyl (C=O) groups excluding carboxylic acids is 2. The fraction of sp³-hybridized carbons (Fsp3) is 0.273. The lowest BCUT2D eigenvalue weighted by Crippen LogP contribution is -2.46. The van der Waals surface area contributed by atoms with Crippen LogP contribution in [-0.2, 0) is 6.54 Å². The zero-order valence-electron chi connectivity index (χ0n) is 21.7. The van der Waals surface area contributed by atoms with Gasteiger partial charge < -0.3 is 15.2 Å². The number of rotatable bonds is 8. The van der Waals surface area contributed by atoms with E-state index in [1.54, 1.807) is 24.3 Å². The second-order valence-corrected chi connectivity index (χ2v) is 10.0. The SMILES string of the molecule is C#Cc1ccc(C(=O)c2cccc(CNC3CCC[C@H](N(CC)C(=O)c4cc5ccccc5[nH]4)C3)c2)cc1. The fourth-order valence-corrected chi connectivity index (χ4v) is 5.51. The summed E-state index contributed by atoms with van der Waals surface area (Å²) in [5, 5.41) is 4.74. The highest BCUT2D eigenvalue weighted by Gasteiger charge is 2.30. The van der Waals surface area contributed by atoms with Crippen LogP contribution in [0.1, 0.15) is 70.1 Å². The summed E-state index contributed by atoms with van der Waals surface area (Å²) in [5.41, 5.74) is 4.76. The number of nitrogens with zero attached hydrogens (tertiary/aromatic N) is 1. The first-order chi connectivity index (χ1) is 18.6. The van der Waals surface area contributed by atoms with E-state index < -0.39 is 0 Å². The quantitative estimate of drug-likeness (QED) is 0.231. The van der Waals surface area contributed by atoms with Crippen LogP contribution >= 0.6 is 0 Å². The number of fused-ring (bicyclic) bond motifs is 1. The number of H-pyrrole nitrogens is 1. The third-order valence-electron chi connectivity index (χ3n) is 7.55. The topological polar surface area (TPSA) is 65.2 Å². The molecule has 0 aliphatic heterocycles. The van der Waals surface area contributed by atoms with Gasteiger partial charge in [-0.05, 0) is 80.6 Å². The van der Waals surface area contributed by atoms with Gasteiger partial charge in [-0.2, -0.15) is 0 Å². The van der Waals surface area contributed by atoms with E-state index in [1.807, 2.05) is 59.5 Å². The van der Waals surface area contributed by atoms with E-state index in [0.29, 0.717) is 36.0 Å². The van der Waals surface area contributed by atoms with Crippen LogP contribution in [0.4, 0.5) is 0 Å². The molecule has 1 amide bonds. The fourth-order valence-electron chi connectivity index (χ4n) is 5.51. The summed E-state index contributed by atoms with van der Waals surface area (Å²) in [6.45, 7) is 3.41. The molecule has 38 heavy (non-hydrogen) atoms. The van der Waals surface area contributed by atoms with Crippen molar-refractivity contribution in [2.75, 3.05) is 6.54 Å². The summed E-state index contributed by atoms with van der Waals surface area (Å²) in [6, 6.07) is 25.4. The van der Waals surface area contributed by atoms with Crippen molar-refractivity contribution in [2.24, 2.45) is 0 Å². The molecule has 0 radical (unpaired) electrons. The molecule has 1 aromatic heterocycles. The van der Waals surface area contributed by atoms with Gasteiger partial charge in [0, 0.05) is 52.8 Å². The molecule has 1 fully saturated rings. The summed E-state index contributed by atoms with van der Waals surface area (Å²) < 4.78 is 0. The lowest BCUT2D eigenvalue weighted by atomic mass is 9.89. The highest BCUT2D eigenvalue weighted by atomic mass is 16.2. The Morgan fingerprint density at radius 1 is 1.00 bits per heavy atom. The lowest BCUT2D eigenvalue weighted by molar-refractivity contribution is 0.0623. The smallest absolute Gasteiger partial charge is 0.270 e. The van der Waals surface area contributed by atoms with Crippen LogP contribution < -0.4 is 5.32 Å². The van der Waals surface area contributed by atoms with Gasteiger partial charge in [0.15, 0.2) is 5.78 Å². The van der Waals surface area contributed by atoms with Gasteiger partial charge in [-0.25, -0.2) is 0 Å². The van der Waals surface area contributed by atoms with Crippen LogP contribution in [0.15, 0.2) is 78.9 Å². The summed E-state index contributed by atoms with van der Waals surface area (Å²) in [5.74, 6) is 2.63. The first-order valence-electron chi connectivity index (χ1n) is 13.4. The van der Waals surface area contributed by atoms with Crippen LogP contribution in [0, 0.1) is 12.3 Å². The average Bonchev–Trinajstić information content (AvgIpc) is 3.41. The molecule has 0 bridgehead atoms. The molecule has 1 heterocycles. The molecule has 0 saturated heterocycles. The second kappa shape index (κ2) is 11.5. The standard InChI is InChI=1S/C33H33N3O2/c1-3-23-15-17-25(18-16-23)32(37)27-11-7-9-24(19-27)22-34-28-12-8-13-29(21-28)36(4-2)33(38)31-20-26-10-5-6-14-30(26)35-31/h1,5-7,9-11,14-20,28-29,34-35H,4,8,12-13,21-22H2,2H3/t28?,29-/m0/s1. The molecule has 5 heteroatoms. The number of aromatic amines is 1. The predicted octanol–water partition coefficient (Wildman–Crippen LogP) is 5.94. The summed E-state index contributed by atoms with van der Waals surface area (Å²) >= 11 is 0. The van der Waals surface area contributed by atoms with Crippen LogP contribution in [0.25, 0.3) is 10.9 Å². The number of carbonyl (C=O) groups is 2. The van der Waals surface area contributed by atoms with Crippen molar-refractivity contribution >= 4 is 22.6 Å². The molecule has 2 N–H and O–H groups in total. The molecule has 0 spiro atoms. The third-order valence-corrected chi connectivity index (χ3v) is 7.55. The molecule has 5 nitrogen and oxygen atoms in total. The van der Waals surface area contributed by atoms with Crippen LogP contribution in [-0.4, -0.2) is 40.2 Å². The van der Waals surface area contributed by atoms with E-state index in [2.05, 4.69) is 23.1 Å². The van der Waals surface area contributed by atoms with Crippen molar-refractivity contribution in [3.8, 4) is 12.3 Å². The Hall–Kier alpha value is -4.14. The Morgan fingerprint density at radius 2 is 1.82 bits per heavy atom. The van der Waals surface area contributed by atoms with Crippen LogP contribution in [0.3, 0.4) is 0 Å². The number of hydrogen-bond acceptors (Lipinski definition) is 3. The van der Waals surface area contributed by atoms with Crippen molar-refractivity contribution in [2.45, 2.75) is 51.2 Å². The predicted molar refractivity (Wildman–Crippen MR) is 152 cm³/mol. The maximum Gasteiger partial charge on any atom is 0.270 e. The van der Waals surface area contributed by atoms with E-state index in [0.717, 1.165) is 47.7 Å². The number of aromatic nitrogens is 1. The Kier molecular flexibility index (Phi) is 7.72. The molecule has 1 aliphatic rings. The number of hydrogen-bond donors (Lipinski definition) is 2. The molecule has 3 aromatic carbocycles. The van der Waals surface area contributed by atoms with E-state index in [9.17, 15) is 9.59 Å². The number of terminal acetylenes is 1. The van der Waals surface area contributed by atoms with Crippen molar-refractivity contribution in [1.82, 2.24) is 15.2 Å². The molecule has 192 valence electrons. The largest absolute Gasteiger partial charge is 0.351 e. The highest BCUT2D eigenvalue weighted by molar-refractivity contribution is 6.09. The van der Waals surface area contributed by atoms with Crippen molar-refractivity contribution in [3.05, 3.63) is 107 Å². The van der Waals surface area contributed by atoms with E-state index >= 15 is 0 Å². The number of ketones is 1. The maximum atomic E-state index is 13.4. The minimum Gasteiger partial charge on any atom is -0.351 e. The second-order valence-electron chi connectivity index (χ2n) is 10.0. The Balaban J connectivity index is 1.21. The molecular weight excluding hydrogens is 470 g/mol. The van der Waals surface area contributed by atoms with Gasteiger partial charge in [-0.3, -0.25) is 9.59 Å². The molecule has 5 rings (SSSR count). The molecule has 2 atom stereocenters. The summed E-state index contributed by atoms with van der Waals surface area (Å²) in [4.78, 5) is 31.7. The molecule has 1 saturated carbocycles. The first kappa shape index (κ1) is 25.5. The summed E-state index contributed by atoms with van der Waals surface area (Å²) in [7, 11) is 0. The summed E-state index contributed by atoms with van der Waals surface area (Å²) in [6.07, 6.45) is 9.51. The van der Waals surface area contributed by atoms with E-state index in [1.165, 1.54) is 0 Å². The lowest BCUT2D eigenvalue weighted by Gasteiger charge is -2.37. The van der Waals surface area contributed by atoms with Gasteiger partial charge in [0.25, 0.3) is 5.91 Å². The van der Waals surface area contributed by atoms with Crippen LogP contribution in [0.5, 0.6) is 0 Å². The number of nitrogens with one attached hydrogen (secondary N) is 2. The minimum atomic E-state index is -0.0118. The Labute approximate surface area is 224 Å².